The maximum atomic E-state index is 11.8. The van der Waals surface area contributed by atoms with E-state index in [0.29, 0.717) is 5.58 Å². The lowest BCUT2D eigenvalue weighted by atomic mass is 10.0. The molecule has 0 saturated carbocycles. The van der Waals surface area contributed by atoms with Crippen LogP contribution in [0.5, 0.6) is 0 Å². The molecule has 0 unspecified atom stereocenters. The van der Waals surface area contributed by atoms with Crippen molar-refractivity contribution in [3.8, 4) is 0 Å². The molecule has 3 heteroatoms. The van der Waals surface area contributed by atoms with Crippen molar-refractivity contribution < 1.29 is 4.42 Å². The number of rotatable bonds is 6. The molecule has 2 rings (SSSR count). The zero-order valence-corrected chi connectivity index (χ0v) is 13.5. The second-order valence-corrected chi connectivity index (χ2v) is 5.75. The molecule has 0 aliphatic carbocycles. The summed E-state index contributed by atoms with van der Waals surface area (Å²) in [5.74, 6) is 0. The molecule has 0 N–H and O–H groups in total. The highest BCUT2D eigenvalue weighted by Gasteiger charge is 2.11. The molecular formula is C18H25NO2. The van der Waals surface area contributed by atoms with Crippen molar-refractivity contribution in [1.82, 2.24) is 4.90 Å². The van der Waals surface area contributed by atoms with E-state index in [1.165, 1.54) is 18.4 Å². The number of hydrogen-bond acceptors (Lipinski definition) is 3. The summed E-state index contributed by atoms with van der Waals surface area (Å²) >= 11 is 0. The van der Waals surface area contributed by atoms with Crippen LogP contribution in [0, 0.1) is 13.8 Å². The minimum atomic E-state index is -0.257. The van der Waals surface area contributed by atoms with Crippen LogP contribution in [0.4, 0.5) is 0 Å². The summed E-state index contributed by atoms with van der Waals surface area (Å²) in [6.45, 7) is 11.4. The summed E-state index contributed by atoms with van der Waals surface area (Å²) in [6, 6.07) is 5.75. The molecule has 0 spiro atoms. The largest absolute Gasteiger partial charge is 0.423 e. The molecule has 0 aliphatic rings. The summed E-state index contributed by atoms with van der Waals surface area (Å²) in [6.07, 6.45) is 2.37. The molecule has 2 aromatic rings. The summed E-state index contributed by atoms with van der Waals surface area (Å²) < 4.78 is 5.36. The highest BCUT2D eigenvalue weighted by Crippen LogP contribution is 2.22. The number of aryl methyl sites for hydroxylation is 2. The second-order valence-electron chi connectivity index (χ2n) is 5.75. The standard InChI is InChI=1S/C18H25NO2/c1-5-7-8-19(6-2)12-15-11-18(20)21-17-10-14(4)13(3)9-16(15)17/h9-11H,5-8,12H2,1-4H3. The molecule has 114 valence electrons. The van der Waals surface area contributed by atoms with Crippen LogP contribution < -0.4 is 5.63 Å². The molecular weight excluding hydrogens is 262 g/mol. The lowest BCUT2D eigenvalue weighted by molar-refractivity contribution is 0.276. The Morgan fingerprint density at radius 1 is 1.10 bits per heavy atom. The van der Waals surface area contributed by atoms with Gasteiger partial charge in [-0.1, -0.05) is 20.3 Å². The molecule has 0 radical (unpaired) electrons. The van der Waals surface area contributed by atoms with Crippen molar-refractivity contribution >= 4 is 11.0 Å². The Labute approximate surface area is 126 Å². The van der Waals surface area contributed by atoms with Gasteiger partial charge in [0.05, 0.1) is 0 Å². The van der Waals surface area contributed by atoms with E-state index in [9.17, 15) is 4.79 Å². The van der Waals surface area contributed by atoms with Crippen molar-refractivity contribution in [3.05, 3.63) is 45.3 Å². The van der Waals surface area contributed by atoms with Gasteiger partial charge in [-0.15, -0.1) is 0 Å². The Hall–Kier alpha value is -1.61. The van der Waals surface area contributed by atoms with Crippen LogP contribution in [0.3, 0.4) is 0 Å². The maximum absolute atomic E-state index is 11.8. The highest BCUT2D eigenvalue weighted by molar-refractivity contribution is 5.81. The average Bonchev–Trinajstić information content (AvgIpc) is 2.45. The lowest BCUT2D eigenvalue weighted by Gasteiger charge is -2.21. The van der Waals surface area contributed by atoms with Gasteiger partial charge in [0.25, 0.3) is 0 Å². The van der Waals surface area contributed by atoms with Gasteiger partial charge >= 0.3 is 5.63 Å². The fourth-order valence-electron chi connectivity index (χ4n) is 2.59. The van der Waals surface area contributed by atoms with E-state index < -0.39 is 0 Å². The first kappa shape index (κ1) is 15.8. The topological polar surface area (TPSA) is 33.5 Å². The first-order chi connectivity index (χ1) is 10.0. The molecule has 0 atom stereocenters. The van der Waals surface area contributed by atoms with Crippen molar-refractivity contribution in [3.63, 3.8) is 0 Å². The third-order valence-electron chi connectivity index (χ3n) is 4.11. The Bertz CT molecular complexity index is 673. The third-order valence-corrected chi connectivity index (χ3v) is 4.11. The molecule has 0 fully saturated rings. The molecule has 1 heterocycles. The second kappa shape index (κ2) is 6.90. The normalized spacial score (nSPS) is 11.5. The van der Waals surface area contributed by atoms with Crippen LogP contribution >= 0.6 is 0 Å². The number of nitrogens with zero attached hydrogens (tertiary/aromatic N) is 1. The van der Waals surface area contributed by atoms with E-state index in [-0.39, 0.29) is 5.63 Å². The van der Waals surface area contributed by atoms with Crippen LogP contribution in [0.2, 0.25) is 0 Å². The minimum absolute atomic E-state index is 0.257. The molecule has 0 amide bonds. The Morgan fingerprint density at radius 2 is 1.81 bits per heavy atom. The van der Waals surface area contributed by atoms with Gasteiger partial charge in [0.2, 0.25) is 0 Å². The van der Waals surface area contributed by atoms with E-state index in [1.54, 1.807) is 6.07 Å². The van der Waals surface area contributed by atoms with Gasteiger partial charge in [-0.3, -0.25) is 4.90 Å². The first-order valence-electron chi connectivity index (χ1n) is 7.81. The van der Waals surface area contributed by atoms with E-state index >= 15 is 0 Å². The van der Waals surface area contributed by atoms with Gasteiger partial charge in [0, 0.05) is 18.0 Å². The predicted octanol–water partition coefficient (Wildman–Crippen LogP) is 4.03. The van der Waals surface area contributed by atoms with E-state index in [1.807, 2.05) is 13.0 Å². The van der Waals surface area contributed by atoms with Gasteiger partial charge in [0.15, 0.2) is 0 Å². The molecule has 0 bridgehead atoms. The molecule has 1 aromatic carbocycles. The molecule has 1 aromatic heterocycles. The smallest absolute Gasteiger partial charge is 0.336 e. The number of hydrogen-bond donors (Lipinski definition) is 0. The van der Waals surface area contributed by atoms with Crippen molar-refractivity contribution in [1.29, 1.82) is 0 Å². The first-order valence-corrected chi connectivity index (χ1v) is 7.81. The zero-order valence-electron chi connectivity index (χ0n) is 13.5. The number of unbranched alkanes of at least 4 members (excludes halogenated alkanes) is 1. The van der Waals surface area contributed by atoms with Crippen LogP contribution in [0.15, 0.2) is 27.4 Å². The van der Waals surface area contributed by atoms with E-state index in [2.05, 4.69) is 31.7 Å². The third kappa shape index (κ3) is 3.73. The summed E-state index contributed by atoms with van der Waals surface area (Å²) in [4.78, 5) is 14.2. The van der Waals surface area contributed by atoms with Crippen molar-refractivity contribution in [2.24, 2.45) is 0 Å². The lowest BCUT2D eigenvalue weighted by Crippen LogP contribution is -2.24. The van der Waals surface area contributed by atoms with Crippen LogP contribution in [0.1, 0.15) is 43.4 Å². The maximum Gasteiger partial charge on any atom is 0.336 e. The van der Waals surface area contributed by atoms with Crippen LogP contribution in [-0.2, 0) is 6.54 Å². The quantitative estimate of drug-likeness (QED) is 0.752. The van der Waals surface area contributed by atoms with Gasteiger partial charge in [-0.05, 0) is 62.2 Å². The molecule has 0 saturated heterocycles. The summed E-state index contributed by atoms with van der Waals surface area (Å²) in [5, 5.41) is 1.06. The summed E-state index contributed by atoms with van der Waals surface area (Å²) in [7, 11) is 0. The fourth-order valence-corrected chi connectivity index (χ4v) is 2.59. The SMILES string of the molecule is CCCCN(CC)Cc1cc(=O)oc2cc(C)c(C)cc12. The monoisotopic (exact) mass is 287 g/mol. The Kier molecular flexibility index (Phi) is 5.18. The number of fused-ring (bicyclic) bond motifs is 1. The van der Waals surface area contributed by atoms with Gasteiger partial charge < -0.3 is 4.42 Å². The van der Waals surface area contributed by atoms with Crippen LogP contribution in [0.25, 0.3) is 11.0 Å². The predicted molar refractivity (Wildman–Crippen MR) is 87.8 cm³/mol. The van der Waals surface area contributed by atoms with Crippen molar-refractivity contribution in [2.45, 2.75) is 47.1 Å². The van der Waals surface area contributed by atoms with Gasteiger partial charge in [-0.25, -0.2) is 4.79 Å². The fraction of sp³-hybridized carbons (Fsp3) is 0.500. The Morgan fingerprint density at radius 3 is 2.48 bits per heavy atom. The van der Waals surface area contributed by atoms with Gasteiger partial charge in [0.1, 0.15) is 5.58 Å². The van der Waals surface area contributed by atoms with Crippen molar-refractivity contribution in [2.75, 3.05) is 13.1 Å². The number of benzene rings is 1. The molecule has 3 nitrogen and oxygen atoms in total. The van der Waals surface area contributed by atoms with E-state index in [4.69, 9.17) is 4.42 Å². The molecule has 0 aliphatic heterocycles. The highest BCUT2D eigenvalue weighted by atomic mass is 16.4. The summed E-state index contributed by atoms with van der Waals surface area (Å²) in [5.41, 5.74) is 3.90. The molecule has 21 heavy (non-hydrogen) atoms. The van der Waals surface area contributed by atoms with Crippen LogP contribution in [-0.4, -0.2) is 18.0 Å². The van der Waals surface area contributed by atoms with E-state index in [0.717, 1.165) is 36.1 Å². The van der Waals surface area contributed by atoms with Gasteiger partial charge in [-0.2, -0.15) is 0 Å². The Balaban J connectivity index is 2.42. The average molecular weight is 287 g/mol. The zero-order chi connectivity index (χ0) is 15.4. The minimum Gasteiger partial charge on any atom is -0.423 e.